The molecule has 0 aromatic heterocycles. The van der Waals surface area contributed by atoms with Crippen LogP contribution >= 0.6 is 0 Å². The van der Waals surface area contributed by atoms with Crippen molar-refractivity contribution in [1.82, 2.24) is 0 Å². The quantitative estimate of drug-likeness (QED) is 0.894. The summed E-state index contributed by atoms with van der Waals surface area (Å²) < 4.78 is 25.4. The highest BCUT2D eigenvalue weighted by Crippen LogP contribution is 2.43. The van der Waals surface area contributed by atoms with Crippen LogP contribution in [0.3, 0.4) is 0 Å². The molecule has 2 aliphatic rings. The van der Waals surface area contributed by atoms with Gasteiger partial charge in [0.05, 0.1) is 0 Å². The second-order valence-electron chi connectivity index (χ2n) is 5.52. The van der Waals surface area contributed by atoms with Gasteiger partial charge in [-0.3, -0.25) is 0 Å². The lowest BCUT2D eigenvalue weighted by molar-refractivity contribution is 0.169. The highest BCUT2D eigenvalue weighted by Gasteiger charge is 2.36. The number of hydrogen-bond donors (Lipinski definition) is 1. The first-order valence-corrected chi connectivity index (χ1v) is 7.05. The van der Waals surface area contributed by atoms with Gasteiger partial charge < -0.3 is 15.2 Å². The van der Waals surface area contributed by atoms with E-state index in [9.17, 15) is 4.39 Å². The molecule has 1 heterocycles. The molecule has 104 valence electrons. The summed E-state index contributed by atoms with van der Waals surface area (Å²) in [5.74, 6) is 0.952. The van der Waals surface area contributed by atoms with Gasteiger partial charge in [-0.1, -0.05) is 19.3 Å². The van der Waals surface area contributed by atoms with Crippen molar-refractivity contribution >= 4 is 0 Å². The Morgan fingerprint density at radius 3 is 2.32 bits per heavy atom. The number of ether oxygens (including phenoxy) is 2. The first kappa shape index (κ1) is 12.7. The molecule has 2 N–H and O–H groups in total. The summed E-state index contributed by atoms with van der Waals surface area (Å²) in [7, 11) is 0. The Morgan fingerprint density at radius 2 is 1.68 bits per heavy atom. The fourth-order valence-electron chi connectivity index (χ4n) is 3.28. The van der Waals surface area contributed by atoms with Gasteiger partial charge in [-0.25, -0.2) is 4.39 Å². The van der Waals surface area contributed by atoms with Crippen molar-refractivity contribution < 1.29 is 13.9 Å². The molecule has 3 rings (SSSR count). The van der Waals surface area contributed by atoms with Crippen molar-refractivity contribution in [2.45, 2.75) is 37.5 Å². The van der Waals surface area contributed by atoms with Crippen molar-refractivity contribution in [1.29, 1.82) is 0 Å². The molecule has 1 aromatic rings. The van der Waals surface area contributed by atoms with Crippen LogP contribution in [0.15, 0.2) is 12.1 Å². The van der Waals surface area contributed by atoms with Crippen LogP contribution in [0.4, 0.5) is 4.39 Å². The van der Waals surface area contributed by atoms with E-state index in [0.29, 0.717) is 36.8 Å². The van der Waals surface area contributed by atoms with E-state index in [2.05, 4.69) is 0 Å². The Morgan fingerprint density at radius 1 is 1.05 bits per heavy atom. The maximum atomic E-state index is 14.4. The molecule has 3 nitrogen and oxygen atoms in total. The Balaban J connectivity index is 2.03. The molecular weight excluding hydrogens is 245 g/mol. The van der Waals surface area contributed by atoms with Gasteiger partial charge in [0.1, 0.15) is 19.0 Å². The number of nitrogens with two attached hydrogens (primary N) is 1. The first-order chi connectivity index (χ1) is 9.25. The maximum absolute atomic E-state index is 14.4. The molecule has 4 heteroatoms. The lowest BCUT2D eigenvalue weighted by atomic mass is 9.69. The molecule has 1 fully saturated rings. The molecule has 1 aliphatic carbocycles. The predicted molar refractivity (Wildman–Crippen MR) is 71.2 cm³/mol. The van der Waals surface area contributed by atoms with E-state index in [0.717, 1.165) is 25.7 Å². The summed E-state index contributed by atoms with van der Waals surface area (Å²) in [5.41, 5.74) is 6.46. The van der Waals surface area contributed by atoms with E-state index in [1.54, 1.807) is 0 Å². The molecule has 0 bridgehead atoms. The van der Waals surface area contributed by atoms with Crippen LogP contribution in [-0.4, -0.2) is 19.8 Å². The maximum Gasteiger partial charge on any atom is 0.164 e. The zero-order valence-corrected chi connectivity index (χ0v) is 11.1. The minimum atomic E-state index is -0.224. The number of halogens is 1. The van der Waals surface area contributed by atoms with Crippen LogP contribution in [0.2, 0.25) is 0 Å². The van der Waals surface area contributed by atoms with Gasteiger partial charge in [0.15, 0.2) is 11.5 Å². The van der Waals surface area contributed by atoms with Gasteiger partial charge in [0.2, 0.25) is 0 Å². The van der Waals surface area contributed by atoms with Gasteiger partial charge in [0, 0.05) is 18.0 Å². The van der Waals surface area contributed by atoms with Crippen molar-refractivity contribution in [3.63, 3.8) is 0 Å². The predicted octanol–water partition coefficient (Wildman–Crippen LogP) is 2.76. The fourth-order valence-corrected chi connectivity index (χ4v) is 3.28. The minimum absolute atomic E-state index is 0.211. The molecule has 0 amide bonds. The van der Waals surface area contributed by atoms with Gasteiger partial charge >= 0.3 is 0 Å². The first-order valence-electron chi connectivity index (χ1n) is 7.05. The summed E-state index contributed by atoms with van der Waals surface area (Å²) in [6, 6.07) is 3.26. The third kappa shape index (κ3) is 2.18. The molecule has 0 saturated heterocycles. The summed E-state index contributed by atoms with van der Waals surface area (Å²) in [6.07, 6.45) is 5.37. The third-order valence-corrected chi connectivity index (χ3v) is 4.40. The van der Waals surface area contributed by atoms with E-state index in [4.69, 9.17) is 15.2 Å². The lowest BCUT2D eigenvalue weighted by Crippen LogP contribution is -2.38. The topological polar surface area (TPSA) is 44.5 Å². The van der Waals surface area contributed by atoms with Crippen molar-refractivity contribution in [2.24, 2.45) is 5.73 Å². The van der Waals surface area contributed by atoms with Crippen molar-refractivity contribution in [3.05, 3.63) is 23.5 Å². The summed E-state index contributed by atoms with van der Waals surface area (Å²) >= 11 is 0. The highest BCUT2D eigenvalue weighted by molar-refractivity contribution is 5.47. The molecule has 1 saturated carbocycles. The number of rotatable bonds is 2. The smallest absolute Gasteiger partial charge is 0.164 e. The number of benzene rings is 1. The fraction of sp³-hybridized carbons (Fsp3) is 0.600. The van der Waals surface area contributed by atoms with Crippen LogP contribution in [0.1, 0.15) is 37.7 Å². The molecular formula is C15H20FNO2. The minimum Gasteiger partial charge on any atom is -0.486 e. The van der Waals surface area contributed by atoms with Crippen LogP contribution < -0.4 is 15.2 Å². The third-order valence-electron chi connectivity index (χ3n) is 4.40. The SMILES string of the molecule is NCC1(c2cc3c(cc2F)OCCO3)CCCCC1. The highest BCUT2D eigenvalue weighted by atomic mass is 19.1. The molecule has 0 atom stereocenters. The summed E-state index contributed by atoms with van der Waals surface area (Å²) in [4.78, 5) is 0. The second-order valence-corrected chi connectivity index (χ2v) is 5.52. The largest absolute Gasteiger partial charge is 0.486 e. The Hall–Kier alpha value is -1.29. The van der Waals surface area contributed by atoms with Crippen LogP contribution in [-0.2, 0) is 5.41 Å². The molecule has 1 aromatic carbocycles. The molecule has 0 unspecified atom stereocenters. The van der Waals surface area contributed by atoms with E-state index < -0.39 is 0 Å². The number of hydrogen-bond acceptors (Lipinski definition) is 3. The molecule has 19 heavy (non-hydrogen) atoms. The van der Waals surface area contributed by atoms with Gasteiger partial charge in [-0.2, -0.15) is 0 Å². The Kier molecular flexibility index (Phi) is 3.35. The van der Waals surface area contributed by atoms with Gasteiger partial charge in [-0.15, -0.1) is 0 Å². The lowest BCUT2D eigenvalue weighted by Gasteiger charge is -2.37. The average molecular weight is 265 g/mol. The molecule has 0 spiro atoms. The second kappa shape index (κ2) is 5.00. The standard InChI is InChI=1S/C15H20FNO2/c16-12-9-14-13(18-6-7-19-14)8-11(12)15(10-17)4-2-1-3-5-15/h8-9H,1-7,10,17H2. The van der Waals surface area contributed by atoms with Gasteiger partial charge in [0.25, 0.3) is 0 Å². The van der Waals surface area contributed by atoms with E-state index >= 15 is 0 Å². The zero-order valence-electron chi connectivity index (χ0n) is 11.1. The average Bonchev–Trinajstić information content (AvgIpc) is 2.47. The van der Waals surface area contributed by atoms with Crippen LogP contribution in [0.5, 0.6) is 11.5 Å². The normalized spacial score (nSPS) is 21.2. The monoisotopic (exact) mass is 265 g/mol. The summed E-state index contributed by atoms with van der Waals surface area (Å²) in [5, 5.41) is 0. The van der Waals surface area contributed by atoms with E-state index in [-0.39, 0.29) is 11.2 Å². The Bertz CT molecular complexity index is 469. The van der Waals surface area contributed by atoms with Crippen molar-refractivity contribution in [2.75, 3.05) is 19.8 Å². The molecule has 0 radical (unpaired) electrons. The Labute approximate surface area is 112 Å². The van der Waals surface area contributed by atoms with E-state index in [1.807, 2.05) is 6.07 Å². The van der Waals surface area contributed by atoms with Crippen LogP contribution in [0.25, 0.3) is 0 Å². The zero-order chi connectivity index (χ0) is 13.3. The van der Waals surface area contributed by atoms with Gasteiger partial charge in [-0.05, 0) is 24.5 Å². The summed E-state index contributed by atoms with van der Waals surface area (Å²) in [6.45, 7) is 1.49. The number of fused-ring (bicyclic) bond motifs is 1. The van der Waals surface area contributed by atoms with Crippen molar-refractivity contribution in [3.8, 4) is 11.5 Å². The molecule has 1 aliphatic heterocycles. The van der Waals surface area contributed by atoms with Crippen LogP contribution in [0, 0.1) is 5.82 Å². The van der Waals surface area contributed by atoms with E-state index in [1.165, 1.54) is 12.5 Å².